The van der Waals surface area contributed by atoms with Gasteiger partial charge in [-0.15, -0.1) is 0 Å². The van der Waals surface area contributed by atoms with Gasteiger partial charge in [0.25, 0.3) is 0 Å². The zero-order valence-electron chi connectivity index (χ0n) is 14.5. The normalized spacial score (nSPS) is 17.3. The number of aliphatic hydroxyl groups excluding tert-OH is 1. The average molecular weight is 308 g/mol. The third kappa shape index (κ3) is 3.68. The summed E-state index contributed by atoms with van der Waals surface area (Å²) in [5, 5.41) is 9.19. The maximum atomic E-state index is 9.19. The first-order valence-corrected chi connectivity index (χ1v) is 8.08. The van der Waals surface area contributed by atoms with Gasteiger partial charge in [0, 0.05) is 12.8 Å². The molecule has 4 nitrogen and oxygen atoms in total. The minimum Gasteiger partial charge on any atom is -0.412 e. The largest absolute Gasteiger partial charge is 0.412 e. The van der Waals surface area contributed by atoms with Crippen molar-refractivity contribution in [2.75, 3.05) is 0 Å². The van der Waals surface area contributed by atoms with Gasteiger partial charge < -0.3 is 15.6 Å². The van der Waals surface area contributed by atoms with Crippen molar-refractivity contribution in [1.82, 2.24) is 9.97 Å². The Kier molecular flexibility index (Phi) is 6.15. The van der Waals surface area contributed by atoms with Gasteiger partial charge >= 0.3 is 0 Å². The number of H-pyrrole nitrogens is 1. The summed E-state index contributed by atoms with van der Waals surface area (Å²) in [6, 6.07) is 4.18. The lowest BCUT2D eigenvalue weighted by molar-refractivity contribution is 0.215. The van der Waals surface area contributed by atoms with E-state index in [0.29, 0.717) is 5.41 Å². The molecule has 0 aromatic carbocycles. The Morgan fingerprint density at radius 3 is 2.59 bits per heavy atom. The molecular weight excluding hydrogens is 276 g/mol. The van der Waals surface area contributed by atoms with Crippen LogP contribution in [0.5, 0.6) is 0 Å². The van der Waals surface area contributed by atoms with Crippen LogP contribution >= 0.6 is 0 Å². The van der Waals surface area contributed by atoms with Crippen LogP contribution in [0.25, 0.3) is 11.0 Å². The highest BCUT2D eigenvalue weighted by molar-refractivity contribution is 5.77. The van der Waals surface area contributed by atoms with Gasteiger partial charge in [-0.25, -0.2) is 0 Å². The number of nitrogens with one attached hydrogen (secondary N) is 1. The quantitative estimate of drug-likeness (QED) is 0.843. The minimum atomic E-state index is 0. The number of aryl methyl sites for hydroxylation is 1. The lowest BCUT2D eigenvalue weighted by Crippen LogP contribution is -2.27. The highest BCUT2D eigenvalue weighted by Crippen LogP contribution is 2.37. The van der Waals surface area contributed by atoms with Crippen LogP contribution in [0.1, 0.15) is 59.4 Å². The number of rotatable bonds is 1. The molecule has 0 fully saturated rings. The lowest BCUT2D eigenvalue weighted by Gasteiger charge is -2.34. The zero-order chi connectivity index (χ0) is 15.6. The van der Waals surface area contributed by atoms with Crippen molar-refractivity contribution in [2.24, 2.45) is 11.3 Å². The molecule has 1 atom stereocenters. The number of aromatic amines is 1. The van der Waals surface area contributed by atoms with Gasteiger partial charge in [0.15, 0.2) is 0 Å². The molecule has 4 N–H and O–H groups in total. The van der Waals surface area contributed by atoms with Crippen LogP contribution in [0.2, 0.25) is 0 Å². The summed E-state index contributed by atoms with van der Waals surface area (Å²) in [5.41, 5.74) is 5.87. The van der Waals surface area contributed by atoms with Crippen molar-refractivity contribution in [3.8, 4) is 0 Å². The first-order chi connectivity index (χ1) is 9.97. The summed E-state index contributed by atoms with van der Waals surface area (Å²) in [4.78, 5) is 7.99. The third-order valence-electron chi connectivity index (χ3n) is 4.42. The molecule has 0 saturated heterocycles. The lowest BCUT2D eigenvalue weighted by atomic mass is 9.71. The van der Waals surface area contributed by atoms with E-state index >= 15 is 0 Å². The number of aromatic nitrogens is 2. The van der Waals surface area contributed by atoms with Gasteiger partial charge in [-0.05, 0) is 48.3 Å². The van der Waals surface area contributed by atoms with Crippen molar-refractivity contribution < 1.29 is 12.0 Å². The van der Waals surface area contributed by atoms with E-state index in [-0.39, 0.29) is 13.5 Å². The number of aliphatic hydroxyl groups is 1. The average Bonchev–Trinajstić information content (AvgIpc) is 2.87. The number of fused-ring (bicyclic) bond motifs is 2. The van der Waals surface area contributed by atoms with E-state index in [1.165, 1.54) is 17.7 Å². The van der Waals surface area contributed by atoms with E-state index in [1.54, 1.807) is 0 Å². The molecule has 22 heavy (non-hydrogen) atoms. The highest BCUT2D eigenvalue weighted by Gasteiger charge is 2.29. The fourth-order valence-electron chi connectivity index (χ4n) is 3.09. The smallest absolute Gasteiger partial charge is 0.0886 e. The Bertz CT molecular complexity index is 617. The van der Waals surface area contributed by atoms with Crippen LogP contribution < -0.4 is 0 Å². The third-order valence-corrected chi connectivity index (χ3v) is 4.42. The van der Waals surface area contributed by atoms with Crippen molar-refractivity contribution >= 4 is 11.0 Å². The predicted molar refractivity (Wildman–Crippen MR) is 94.1 cm³/mol. The molecule has 1 aliphatic rings. The van der Waals surface area contributed by atoms with Gasteiger partial charge in [0.05, 0.1) is 17.6 Å². The Morgan fingerprint density at radius 1 is 1.32 bits per heavy atom. The van der Waals surface area contributed by atoms with E-state index in [1.807, 2.05) is 19.9 Å². The molecule has 2 heterocycles. The second-order valence-electron chi connectivity index (χ2n) is 6.79. The monoisotopic (exact) mass is 308 g/mol. The van der Waals surface area contributed by atoms with E-state index in [0.717, 1.165) is 35.5 Å². The first kappa shape index (κ1) is 18.7. The molecule has 126 valence electrons. The Morgan fingerprint density at radius 2 is 2.00 bits per heavy atom. The van der Waals surface area contributed by atoms with Crippen LogP contribution in [-0.2, 0) is 19.4 Å². The van der Waals surface area contributed by atoms with Crippen LogP contribution in [0, 0.1) is 11.3 Å². The zero-order valence-corrected chi connectivity index (χ0v) is 14.5. The van der Waals surface area contributed by atoms with E-state index < -0.39 is 0 Å². The predicted octanol–water partition coefficient (Wildman–Crippen LogP) is 3.65. The number of pyridine rings is 1. The van der Waals surface area contributed by atoms with E-state index in [9.17, 15) is 5.11 Å². The van der Waals surface area contributed by atoms with Gasteiger partial charge in [-0.2, -0.15) is 0 Å². The summed E-state index contributed by atoms with van der Waals surface area (Å²) in [6.07, 6.45) is 3.42. The van der Waals surface area contributed by atoms with Crippen molar-refractivity contribution in [3.63, 3.8) is 0 Å². The minimum absolute atomic E-state index is 0. The van der Waals surface area contributed by atoms with Gasteiger partial charge in [0.1, 0.15) is 0 Å². The summed E-state index contributed by atoms with van der Waals surface area (Å²) in [5.74, 6) is 0.728. The number of nitrogens with zero attached hydrogens (tertiary/aromatic N) is 1. The topological polar surface area (TPSA) is 80.4 Å². The molecule has 2 aromatic rings. The highest BCUT2D eigenvalue weighted by atomic mass is 16.3. The van der Waals surface area contributed by atoms with E-state index in [4.69, 9.17) is 4.98 Å². The van der Waals surface area contributed by atoms with Crippen LogP contribution in [-0.4, -0.2) is 20.6 Å². The summed E-state index contributed by atoms with van der Waals surface area (Å²) >= 11 is 0. The maximum Gasteiger partial charge on any atom is 0.0886 e. The SMILES string of the molecule is CC.CC(C)(C)C1CCc2nc3cc(CO)[nH]c3cc2C1.O.[HH]. The molecule has 2 aromatic heterocycles. The van der Waals surface area contributed by atoms with Gasteiger partial charge in [-0.3, -0.25) is 4.98 Å². The number of hydrogen-bond donors (Lipinski definition) is 2. The Balaban J connectivity index is 0.00000117. The van der Waals surface area contributed by atoms with Crippen molar-refractivity contribution in [2.45, 2.75) is 60.5 Å². The molecule has 3 rings (SSSR count). The molecule has 1 unspecified atom stereocenters. The van der Waals surface area contributed by atoms with Crippen molar-refractivity contribution in [1.29, 1.82) is 0 Å². The van der Waals surface area contributed by atoms with Crippen LogP contribution in [0.15, 0.2) is 12.1 Å². The van der Waals surface area contributed by atoms with Gasteiger partial charge in [-0.1, -0.05) is 34.6 Å². The molecule has 0 spiro atoms. The molecule has 4 heteroatoms. The van der Waals surface area contributed by atoms with E-state index in [2.05, 4.69) is 31.8 Å². The summed E-state index contributed by atoms with van der Waals surface area (Å²) in [7, 11) is 0. The molecule has 0 aliphatic heterocycles. The molecule has 1 aliphatic carbocycles. The summed E-state index contributed by atoms with van der Waals surface area (Å²) in [6.45, 7) is 11.0. The molecular formula is C18H32N2O2. The standard InChI is InChI=1S/C16H22N2O.C2H6.H2O.H2/c1-16(2,3)11-4-5-13-10(6-11)7-14-15(18-13)8-12(9-19)17-14;1-2;;/h7-8,11,17,19H,4-6,9H2,1-3H3;1-2H3;1H2;1H. The Hall–Kier alpha value is -1.39. The molecule has 0 saturated carbocycles. The summed E-state index contributed by atoms with van der Waals surface area (Å²) < 4.78 is 0. The Labute approximate surface area is 134 Å². The fraction of sp³-hybridized carbons (Fsp3) is 0.611. The first-order valence-electron chi connectivity index (χ1n) is 8.08. The molecule has 0 amide bonds. The molecule has 0 bridgehead atoms. The van der Waals surface area contributed by atoms with Crippen molar-refractivity contribution in [3.05, 3.63) is 29.1 Å². The second kappa shape index (κ2) is 7.25. The maximum absolute atomic E-state index is 9.19. The number of hydrogen-bond acceptors (Lipinski definition) is 2. The van der Waals surface area contributed by atoms with Crippen LogP contribution in [0.3, 0.4) is 0 Å². The second-order valence-corrected chi connectivity index (χ2v) is 6.79. The van der Waals surface area contributed by atoms with Crippen LogP contribution in [0.4, 0.5) is 0 Å². The fourth-order valence-corrected chi connectivity index (χ4v) is 3.09. The van der Waals surface area contributed by atoms with Gasteiger partial charge in [0.2, 0.25) is 0 Å². The molecule has 0 radical (unpaired) electrons.